The molecule has 1 heterocycles. The molecule has 1 saturated carbocycles. The van der Waals surface area contributed by atoms with Crippen molar-refractivity contribution in [2.24, 2.45) is 22.5 Å². The molecule has 0 bridgehead atoms. The largest absolute Gasteiger partial charge is 0.369 e. The average molecular weight is 437 g/mol. The summed E-state index contributed by atoms with van der Waals surface area (Å²) in [6, 6.07) is -0.0171. The van der Waals surface area contributed by atoms with Crippen LogP contribution in [0, 0.1) is 16.7 Å². The summed E-state index contributed by atoms with van der Waals surface area (Å²) in [4.78, 5) is 41.5. The minimum Gasteiger partial charge on any atom is -0.369 e. The predicted molar refractivity (Wildman–Crippen MR) is 119 cm³/mol. The van der Waals surface area contributed by atoms with Gasteiger partial charge in [-0.2, -0.15) is 0 Å². The number of nitrogens with two attached hydrogens (primary N) is 1. The summed E-state index contributed by atoms with van der Waals surface area (Å²) >= 11 is 1.58. The molecule has 0 aliphatic heterocycles. The summed E-state index contributed by atoms with van der Waals surface area (Å²) < 4.78 is 0. The zero-order valence-corrected chi connectivity index (χ0v) is 19.7. The Labute approximate surface area is 183 Å². The fourth-order valence-corrected chi connectivity index (χ4v) is 4.77. The second kappa shape index (κ2) is 9.90. The quantitative estimate of drug-likeness (QED) is 0.516. The summed E-state index contributed by atoms with van der Waals surface area (Å²) in [6.45, 7) is 10.2. The lowest BCUT2D eigenvalue weighted by atomic mass is 9.69. The molecule has 0 aromatic carbocycles. The molecule has 1 fully saturated rings. The first kappa shape index (κ1) is 24.3. The maximum Gasteiger partial charge on any atom is 0.235 e. The molecule has 0 radical (unpaired) electrons. The Kier molecular flexibility index (Phi) is 8.02. The number of hydrogen-bond donors (Lipinski definition) is 3. The molecule has 1 aliphatic carbocycles. The summed E-state index contributed by atoms with van der Waals surface area (Å²) in [5.41, 5.74) is 5.17. The van der Waals surface area contributed by atoms with Crippen LogP contribution in [0.25, 0.3) is 0 Å². The van der Waals surface area contributed by atoms with Crippen molar-refractivity contribution >= 4 is 29.1 Å². The Morgan fingerprint density at radius 3 is 2.60 bits per heavy atom. The van der Waals surface area contributed by atoms with Gasteiger partial charge in [0, 0.05) is 18.0 Å². The molecule has 1 aromatic heterocycles. The maximum absolute atomic E-state index is 12.6. The van der Waals surface area contributed by atoms with Gasteiger partial charge in [0.15, 0.2) is 0 Å². The van der Waals surface area contributed by atoms with E-state index in [1.165, 1.54) is 0 Å². The molecule has 1 aliphatic rings. The van der Waals surface area contributed by atoms with Crippen molar-refractivity contribution in [1.29, 1.82) is 0 Å². The van der Waals surface area contributed by atoms with Crippen LogP contribution in [-0.2, 0) is 27.2 Å². The third-order valence-corrected chi connectivity index (χ3v) is 7.42. The molecular formula is C22H36N4O3S. The van der Waals surface area contributed by atoms with Gasteiger partial charge in [0.25, 0.3) is 0 Å². The number of amides is 3. The fraction of sp³-hybridized carbons (Fsp3) is 0.727. The normalized spacial score (nSPS) is 22.7. The van der Waals surface area contributed by atoms with Crippen LogP contribution in [0.15, 0.2) is 5.38 Å². The van der Waals surface area contributed by atoms with Crippen LogP contribution in [0.5, 0.6) is 0 Å². The van der Waals surface area contributed by atoms with Crippen LogP contribution in [-0.4, -0.2) is 35.3 Å². The molecule has 3 amide bonds. The summed E-state index contributed by atoms with van der Waals surface area (Å²) in [5.74, 6) is -0.914. The van der Waals surface area contributed by atoms with Gasteiger partial charge in [-0.1, -0.05) is 27.7 Å². The number of aryl methyl sites for hydroxylation is 1. The molecular weight excluding hydrogens is 400 g/mol. The summed E-state index contributed by atoms with van der Waals surface area (Å²) in [6.07, 6.45) is 4.23. The van der Waals surface area contributed by atoms with E-state index in [1.54, 1.807) is 25.2 Å². The minimum atomic E-state index is -1.22. The molecule has 1 aromatic rings. The highest BCUT2D eigenvalue weighted by atomic mass is 32.1. The van der Waals surface area contributed by atoms with E-state index >= 15 is 0 Å². The Hall–Kier alpha value is -1.96. The van der Waals surface area contributed by atoms with Gasteiger partial charge in [-0.3, -0.25) is 14.4 Å². The van der Waals surface area contributed by atoms with Crippen LogP contribution in [0.3, 0.4) is 0 Å². The van der Waals surface area contributed by atoms with Crippen molar-refractivity contribution in [2.45, 2.75) is 79.2 Å². The second-order valence-corrected chi connectivity index (χ2v) is 10.3. The van der Waals surface area contributed by atoms with Gasteiger partial charge in [-0.15, -0.1) is 11.3 Å². The van der Waals surface area contributed by atoms with E-state index in [0.717, 1.165) is 36.4 Å². The van der Waals surface area contributed by atoms with Crippen LogP contribution in [0.2, 0.25) is 0 Å². The highest BCUT2D eigenvalue weighted by Gasteiger charge is 2.40. The SMILES string of the molecule is CCc1nc(CC(=O)NC2CCC(C)(C)CC2CNC(=O)C(C)(CC)C(N)=O)cs1. The number of hydrogen-bond acceptors (Lipinski definition) is 5. The van der Waals surface area contributed by atoms with Gasteiger partial charge >= 0.3 is 0 Å². The predicted octanol–water partition coefficient (Wildman–Crippen LogP) is 2.58. The first-order valence-electron chi connectivity index (χ1n) is 10.8. The topological polar surface area (TPSA) is 114 Å². The lowest BCUT2D eigenvalue weighted by molar-refractivity contribution is -0.141. The van der Waals surface area contributed by atoms with Gasteiger partial charge in [0.05, 0.1) is 17.1 Å². The van der Waals surface area contributed by atoms with Crippen molar-refractivity contribution in [3.8, 4) is 0 Å². The molecule has 3 atom stereocenters. The average Bonchev–Trinajstić information content (AvgIpc) is 3.14. The van der Waals surface area contributed by atoms with Gasteiger partial charge in [-0.25, -0.2) is 4.98 Å². The van der Waals surface area contributed by atoms with Crippen molar-refractivity contribution < 1.29 is 14.4 Å². The van der Waals surface area contributed by atoms with Crippen LogP contribution in [0.1, 0.15) is 71.0 Å². The van der Waals surface area contributed by atoms with E-state index in [4.69, 9.17) is 5.73 Å². The van der Waals surface area contributed by atoms with Crippen molar-refractivity contribution in [2.75, 3.05) is 6.54 Å². The fourth-order valence-electron chi connectivity index (χ4n) is 4.02. The van der Waals surface area contributed by atoms with Crippen molar-refractivity contribution in [3.63, 3.8) is 0 Å². The van der Waals surface area contributed by atoms with Crippen molar-refractivity contribution in [3.05, 3.63) is 16.1 Å². The molecule has 4 N–H and O–H groups in total. The number of thiazole rings is 1. The smallest absolute Gasteiger partial charge is 0.235 e. The highest BCUT2D eigenvalue weighted by Crippen LogP contribution is 2.38. The van der Waals surface area contributed by atoms with E-state index in [9.17, 15) is 14.4 Å². The van der Waals surface area contributed by atoms with E-state index in [1.807, 2.05) is 12.3 Å². The van der Waals surface area contributed by atoms with Crippen LogP contribution < -0.4 is 16.4 Å². The molecule has 0 spiro atoms. The van der Waals surface area contributed by atoms with Gasteiger partial charge in [0.2, 0.25) is 17.7 Å². The molecule has 8 heteroatoms. The standard InChI is InChI=1S/C22H36N4O3S/c1-6-18-25-15(13-30-18)10-17(27)26-16-8-9-21(3,4)11-14(16)12-24-20(29)22(5,7-2)19(23)28/h13-14,16H,6-12H2,1-5H3,(H2,23,28)(H,24,29)(H,26,27). The van der Waals surface area contributed by atoms with Gasteiger partial charge in [-0.05, 0) is 50.4 Å². The monoisotopic (exact) mass is 436 g/mol. The van der Waals surface area contributed by atoms with E-state index in [2.05, 4.69) is 29.5 Å². The van der Waals surface area contributed by atoms with E-state index in [0.29, 0.717) is 13.0 Å². The summed E-state index contributed by atoms with van der Waals surface area (Å²) in [5, 5.41) is 9.06. The lowest BCUT2D eigenvalue weighted by Crippen LogP contribution is -2.53. The first-order chi connectivity index (χ1) is 14.0. The zero-order valence-electron chi connectivity index (χ0n) is 18.8. The third kappa shape index (κ3) is 6.03. The minimum absolute atomic E-state index is 0.0171. The van der Waals surface area contributed by atoms with Crippen LogP contribution in [0.4, 0.5) is 0 Å². The number of nitrogens with zero attached hydrogens (tertiary/aromatic N) is 1. The number of rotatable bonds is 9. The maximum atomic E-state index is 12.6. The highest BCUT2D eigenvalue weighted by molar-refractivity contribution is 7.09. The Bertz CT molecular complexity index is 776. The van der Waals surface area contributed by atoms with Crippen molar-refractivity contribution in [1.82, 2.24) is 15.6 Å². The molecule has 3 unspecified atom stereocenters. The Balaban J connectivity index is 2.01. The molecule has 7 nitrogen and oxygen atoms in total. The molecule has 30 heavy (non-hydrogen) atoms. The zero-order chi connectivity index (χ0) is 22.5. The second-order valence-electron chi connectivity index (χ2n) is 9.36. The summed E-state index contributed by atoms with van der Waals surface area (Å²) in [7, 11) is 0. The Morgan fingerprint density at radius 1 is 1.33 bits per heavy atom. The number of carbonyl (C=O) groups excluding carboxylic acids is 3. The van der Waals surface area contributed by atoms with E-state index < -0.39 is 11.3 Å². The van der Waals surface area contributed by atoms with Gasteiger partial charge in [0.1, 0.15) is 5.41 Å². The van der Waals surface area contributed by atoms with Crippen LogP contribution >= 0.6 is 11.3 Å². The number of primary amides is 1. The van der Waals surface area contributed by atoms with E-state index in [-0.39, 0.29) is 35.6 Å². The van der Waals surface area contributed by atoms with Gasteiger partial charge < -0.3 is 16.4 Å². The number of aromatic nitrogens is 1. The lowest BCUT2D eigenvalue weighted by Gasteiger charge is -2.41. The number of carbonyl (C=O) groups is 3. The number of nitrogens with one attached hydrogen (secondary N) is 2. The first-order valence-corrected chi connectivity index (χ1v) is 11.7. The molecule has 0 saturated heterocycles. The molecule has 2 rings (SSSR count). The molecule has 168 valence electrons. The Morgan fingerprint density at radius 2 is 2.03 bits per heavy atom. The third-order valence-electron chi connectivity index (χ3n) is 6.38.